The van der Waals surface area contributed by atoms with E-state index < -0.39 is 0 Å². The summed E-state index contributed by atoms with van der Waals surface area (Å²) in [6, 6.07) is 23.8. The largest absolute Gasteiger partial charge is 0.309 e. The van der Waals surface area contributed by atoms with Crippen molar-refractivity contribution in [2.45, 2.75) is 39.3 Å². The van der Waals surface area contributed by atoms with E-state index in [0.29, 0.717) is 0 Å². The molecule has 0 amide bonds. The lowest BCUT2D eigenvalue weighted by molar-refractivity contribution is 0.604. The van der Waals surface area contributed by atoms with E-state index in [1.165, 1.54) is 26.4 Å². The first-order valence-corrected chi connectivity index (χ1v) is 9.29. The molecule has 24 heavy (non-hydrogen) atoms. The Morgan fingerprint density at radius 2 is 1.50 bits per heavy atom. The van der Waals surface area contributed by atoms with Crippen molar-refractivity contribution in [3.05, 3.63) is 82.7 Å². The van der Waals surface area contributed by atoms with Crippen LogP contribution in [0.3, 0.4) is 0 Å². The summed E-state index contributed by atoms with van der Waals surface area (Å²) in [6.45, 7) is 8.60. The van der Waals surface area contributed by atoms with Crippen molar-refractivity contribution in [3.8, 4) is 10.4 Å². The van der Waals surface area contributed by atoms with E-state index in [0.717, 1.165) is 13.1 Å². The SMILES string of the molecule is CC(C)(C)c1ccc(-c2ccccc2CNCc2ccccc2)s1. The Morgan fingerprint density at radius 1 is 0.792 bits per heavy atom. The van der Waals surface area contributed by atoms with Crippen LogP contribution >= 0.6 is 11.3 Å². The van der Waals surface area contributed by atoms with Gasteiger partial charge < -0.3 is 5.32 Å². The highest BCUT2D eigenvalue weighted by molar-refractivity contribution is 7.15. The molecule has 0 atom stereocenters. The van der Waals surface area contributed by atoms with Crippen molar-refractivity contribution >= 4 is 11.3 Å². The second kappa shape index (κ2) is 7.33. The fraction of sp³-hybridized carbons (Fsp3) is 0.273. The van der Waals surface area contributed by atoms with Gasteiger partial charge in [0.2, 0.25) is 0 Å². The van der Waals surface area contributed by atoms with Crippen LogP contribution < -0.4 is 5.32 Å². The minimum atomic E-state index is 0.212. The van der Waals surface area contributed by atoms with Crippen molar-refractivity contribution < 1.29 is 0 Å². The van der Waals surface area contributed by atoms with E-state index in [9.17, 15) is 0 Å². The third-order valence-electron chi connectivity index (χ3n) is 4.12. The molecule has 0 aliphatic carbocycles. The van der Waals surface area contributed by atoms with Gasteiger partial charge in [0.05, 0.1) is 0 Å². The highest BCUT2D eigenvalue weighted by atomic mass is 32.1. The molecule has 1 heterocycles. The van der Waals surface area contributed by atoms with Crippen LogP contribution in [0.4, 0.5) is 0 Å². The van der Waals surface area contributed by atoms with E-state index in [4.69, 9.17) is 0 Å². The Kier molecular flexibility index (Phi) is 5.17. The van der Waals surface area contributed by atoms with Gasteiger partial charge in [0.1, 0.15) is 0 Å². The number of thiophene rings is 1. The molecule has 1 aromatic heterocycles. The third-order valence-corrected chi connectivity index (χ3v) is 5.66. The summed E-state index contributed by atoms with van der Waals surface area (Å²) < 4.78 is 0. The van der Waals surface area contributed by atoms with Gasteiger partial charge in [-0.05, 0) is 34.2 Å². The number of hydrogen-bond donors (Lipinski definition) is 1. The normalized spacial score (nSPS) is 11.6. The summed E-state index contributed by atoms with van der Waals surface area (Å²) in [7, 11) is 0. The third kappa shape index (κ3) is 4.14. The predicted octanol–water partition coefficient (Wildman–Crippen LogP) is 6.00. The van der Waals surface area contributed by atoms with Crippen LogP contribution in [0.25, 0.3) is 10.4 Å². The van der Waals surface area contributed by atoms with Gasteiger partial charge in [0.15, 0.2) is 0 Å². The highest BCUT2D eigenvalue weighted by Gasteiger charge is 2.17. The molecule has 0 spiro atoms. The lowest BCUT2D eigenvalue weighted by Crippen LogP contribution is -2.13. The molecular formula is C22H25NS. The Bertz CT molecular complexity index is 781. The van der Waals surface area contributed by atoms with Crippen molar-refractivity contribution in [2.75, 3.05) is 0 Å². The quantitative estimate of drug-likeness (QED) is 0.603. The number of nitrogens with one attached hydrogen (secondary N) is 1. The maximum absolute atomic E-state index is 3.57. The lowest BCUT2D eigenvalue weighted by Gasteiger charge is -2.15. The van der Waals surface area contributed by atoms with Gasteiger partial charge in [-0.15, -0.1) is 11.3 Å². The molecule has 0 radical (unpaired) electrons. The number of benzene rings is 2. The first-order chi connectivity index (χ1) is 11.5. The van der Waals surface area contributed by atoms with Gasteiger partial charge in [-0.2, -0.15) is 0 Å². The molecule has 0 fully saturated rings. The van der Waals surface area contributed by atoms with E-state index in [1.54, 1.807) is 0 Å². The zero-order valence-corrected chi connectivity index (χ0v) is 15.5. The molecule has 1 nitrogen and oxygen atoms in total. The van der Waals surface area contributed by atoms with E-state index in [-0.39, 0.29) is 5.41 Å². The summed E-state index contributed by atoms with van der Waals surface area (Å²) >= 11 is 1.91. The predicted molar refractivity (Wildman–Crippen MR) is 105 cm³/mol. The number of rotatable bonds is 5. The fourth-order valence-electron chi connectivity index (χ4n) is 2.74. The Balaban J connectivity index is 1.74. The van der Waals surface area contributed by atoms with E-state index in [1.807, 2.05) is 11.3 Å². The second-order valence-corrected chi connectivity index (χ2v) is 8.24. The minimum Gasteiger partial charge on any atom is -0.309 e. The van der Waals surface area contributed by atoms with Crippen LogP contribution in [0.5, 0.6) is 0 Å². The van der Waals surface area contributed by atoms with Gasteiger partial charge in [0, 0.05) is 22.8 Å². The van der Waals surface area contributed by atoms with Gasteiger partial charge >= 0.3 is 0 Å². The molecule has 2 aromatic carbocycles. The molecule has 0 saturated heterocycles. The summed E-state index contributed by atoms with van der Waals surface area (Å²) in [5, 5.41) is 3.57. The molecule has 0 bridgehead atoms. The standard InChI is InChI=1S/C22H25NS/c1-22(2,3)21-14-13-20(24-21)19-12-8-7-11-18(19)16-23-15-17-9-5-4-6-10-17/h4-14,23H,15-16H2,1-3H3. The number of hydrogen-bond acceptors (Lipinski definition) is 2. The van der Waals surface area contributed by atoms with Gasteiger partial charge in [-0.3, -0.25) is 0 Å². The smallest absolute Gasteiger partial charge is 0.0349 e. The first kappa shape index (κ1) is 16.9. The van der Waals surface area contributed by atoms with Gasteiger partial charge in [0.25, 0.3) is 0 Å². The Labute approximate surface area is 149 Å². The first-order valence-electron chi connectivity index (χ1n) is 8.47. The van der Waals surface area contributed by atoms with Gasteiger partial charge in [-0.25, -0.2) is 0 Å². The van der Waals surface area contributed by atoms with E-state index in [2.05, 4.69) is 92.8 Å². The maximum atomic E-state index is 3.57. The monoisotopic (exact) mass is 335 g/mol. The van der Waals surface area contributed by atoms with Crippen LogP contribution in [0.15, 0.2) is 66.7 Å². The highest BCUT2D eigenvalue weighted by Crippen LogP contribution is 2.36. The average Bonchev–Trinajstić information content (AvgIpc) is 3.06. The Hall–Kier alpha value is -1.90. The summed E-state index contributed by atoms with van der Waals surface area (Å²) in [5.74, 6) is 0. The topological polar surface area (TPSA) is 12.0 Å². The molecule has 1 N–H and O–H groups in total. The molecule has 0 saturated carbocycles. The van der Waals surface area contributed by atoms with Crippen LogP contribution in [0.1, 0.15) is 36.8 Å². The average molecular weight is 336 g/mol. The Morgan fingerprint density at radius 3 is 2.21 bits per heavy atom. The molecule has 3 rings (SSSR count). The minimum absolute atomic E-state index is 0.212. The molecule has 2 heteroatoms. The zero-order valence-electron chi connectivity index (χ0n) is 14.7. The molecule has 0 aliphatic rings. The molecule has 124 valence electrons. The summed E-state index contributed by atoms with van der Waals surface area (Å²) in [5.41, 5.74) is 4.24. The zero-order chi connectivity index (χ0) is 17.0. The summed E-state index contributed by atoms with van der Waals surface area (Å²) in [6.07, 6.45) is 0. The lowest BCUT2D eigenvalue weighted by atomic mass is 9.95. The fourth-order valence-corrected chi connectivity index (χ4v) is 3.86. The van der Waals surface area contributed by atoms with Crippen molar-refractivity contribution in [1.29, 1.82) is 0 Å². The maximum Gasteiger partial charge on any atom is 0.0349 e. The van der Waals surface area contributed by atoms with E-state index >= 15 is 0 Å². The van der Waals surface area contributed by atoms with Crippen molar-refractivity contribution in [3.63, 3.8) is 0 Å². The van der Waals surface area contributed by atoms with Crippen LogP contribution in [0.2, 0.25) is 0 Å². The molecular weight excluding hydrogens is 310 g/mol. The molecule has 0 unspecified atom stereocenters. The van der Waals surface area contributed by atoms with Crippen LogP contribution in [0, 0.1) is 0 Å². The molecule has 3 aromatic rings. The molecule has 0 aliphatic heterocycles. The van der Waals surface area contributed by atoms with Crippen molar-refractivity contribution in [1.82, 2.24) is 5.32 Å². The second-order valence-electron chi connectivity index (χ2n) is 7.16. The summed E-state index contributed by atoms with van der Waals surface area (Å²) in [4.78, 5) is 2.79. The van der Waals surface area contributed by atoms with Crippen molar-refractivity contribution in [2.24, 2.45) is 0 Å². The van der Waals surface area contributed by atoms with Gasteiger partial charge in [-0.1, -0.05) is 75.4 Å². The van der Waals surface area contributed by atoms with Crippen LogP contribution in [-0.2, 0) is 18.5 Å². The van der Waals surface area contributed by atoms with Crippen LogP contribution in [-0.4, -0.2) is 0 Å².